The Morgan fingerprint density at radius 1 is 1.15 bits per heavy atom. The zero-order valence-electron chi connectivity index (χ0n) is 16.0. The Balaban J connectivity index is 0.00000243. The highest BCUT2D eigenvalue weighted by Gasteiger charge is 2.51. The number of amides is 1. The van der Waals surface area contributed by atoms with Crippen molar-refractivity contribution in [2.75, 3.05) is 46.4 Å². The highest BCUT2D eigenvalue weighted by Crippen LogP contribution is 2.47. The average Bonchev–Trinajstić information content (AvgIpc) is 3.10. The van der Waals surface area contributed by atoms with E-state index in [4.69, 9.17) is 14.2 Å². The second kappa shape index (κ2) is 8.35. The molecule has 0 bridgehead atoms. The van der Waals surface area contributed by atoms with E-state index in [1.54, 1.807) is 26.2 Å². The van der Waals surface area contributed by atoms with Crippen LogP contribution in [0.4, 0.5) is 5.69 Å². The van der Waals surface area contributed by atoms with E-state index in [1.807, 2.05) is 19.2 Å². The normalized spacial score (nSPS) is 24.2. The lowest BCUT2D eigenvalue weighted by molar-refractivity contribution is -0.130. The van der Waals surface area contributed by atoms with Gasteiger partial charge in [-0.15, -0.1) is 12.4 Å². The summed E-state index contributed by atoms with van der Waals surface area (Å²) < 4.78 is 16.2. The van der Waals surface area contributed by atoms with Gasteiger partial charge in [-0.25, -0.2) is 0 Å². The van der Waals surface area contributed by atoms with Crippen LogP contribution in [0.5, 0.6) is 17.2 Å². The molecule has 2 fully saturated rings. The third-order valence-corrected chi connectivity index (χ3v) is 5.81. The fraction of sp³-hybridized carbons (Fsp3) is 0.632. The number of rotatable bonds is 5. The van der Waals surface area contributed by atoms with E-state index in [0.717, 1.165) is 38.0 Å². The van der Waals surface area contributed by atoms with Gasteiger partial charge in [0.1, 0.15) is 0 Å². The van der Waals surface area contributed by atoms with Gasteiger partial charge in [-0.3, -0.25) is 4.79 Å². The molecule has 0 unspecified atom stereocenters. The Labute approximate surface area is 161 Å². The van der Waals surface area contributed by atoms with Crippen molar-refractivity contribution in [1.29, 1.82) is 0 Å². The summed E-state index contributed by atoms with van der Waals surface area (Å²) in [4.78, 5) is 15.2. The van der Waals surface area contributed by atoms with E-state index in [9.17, 15) is 4.79 Å². The minimum atomic E-state index is -0.284. The molecule has 1 saturated heterocycles. The summed E-state index contributed by atoms with van der Waals surface area (Å²) in [7, 11) is 6.58. The van der Waals surface area contributed by atoms with Gasteiger partial charge in [-0.1, -0.05) is 12.8 Å². The molecule has 0 radical (unpaired) electrons. The van der Waals surface area contributed by atoms with Crippen LogP contribution in [0.1, 0.15) is 25.7 Å². The number of nitrogens with one attached hydrogen (secondary N) is 1. The molecule has 3 rings (SSSR count). The van der Waals surface area contributed by atoms with Gasteiger partial charge in [0.25, 0.3) is 0 Å². The quantitative estimate of drug-likeness (QED) is 0.845. The van der Waals surface area contributed by atoms with Crippen molar-refractivity contribution in [2.24, 2.45) is 11.3 Å². The number of carbonyl (C=O) groups is 1. The smallest absolute Gasteiger partial charge is 0.234 e. The first-order chi connectivity index (χ1) is 12.1. The average molecular weight is 385 g/mol. The summed E-state index contributed by atoms with van der Waals surface area (Å²) in [6, 6.07) is 3.66. The van der Waals surface area contributed by atoms with Gasteiger partial charge in [-0.05, 0) is 25.3 Å². The molecule has 1 aliphatic carbocycles. The molecule has 1 saturated carbocycles. The monoisotopic (exact) mass is 384 g/mol. The molecule has 26 heavy (non-hydrogen) atoms. The summed E-state index contributed by atoms with van der Waals surface area (Å²) in [5, 5.41) is 3.44. The molecule has 1 aromatic carbocycles. The molecule has 1 amide bonds. The van der Waals surface area contributed by atoms with Crippen molar-refractivity contribution < 1.29 is 19.0 Å². The van der Waals surface area contributed by atoms with Gasteiger partial charge in [0.2, 0.25) is 11.7 Å². The van der Waals surface area contributed by atoms with E-state index in [1.165, 1.54) is 6.42 Å². The maximum absolute atomic E-state index is 13.4. The second-order valence-corrected chi connectivity index (χ2v) is 6.98. The number of halogens is 1. The standard InChI is InChI=1S/C19H28N2O4.ClH/c1-21(14-9-15(23-2)17(25-4)16(10-14)24-3)18(22)19-8-6-5-7-13(19)11-20-12-19;/h9-10,13,20H,5-8,11-12H2,1-4H3;1H/t13-,19+;/m0./s1. The fourth-order valence-corrected chi connectivity index (χ4v) is 4.38. The van der Waals surface area contributed by atoms with Gasteiger partial charge in [-0.2, -0.15) is 0 Å². The topological polar surface area (TPSA) is 60.0 Å². The molecule has 1 aromatic rings. The molecule has 146 valence electrons. The van der Waals surface area contributed by atoms with Crippen LogP contribution in [0.2, 0.25) is 0 Å². The maximum atomic E-state index is 13.4. The third kappa shape index (κ3) is 3.32. The van der Waals surface area contributed by atoms with Crippen molar-refractivity contribution in [3.05, 3.63) is 12.1 Å². The molecule has 1 aliphatic heterocycles. The molecular formula is C19H29ClN2O4. The van der Waals surface area contributed by atoms with E-state index in [2.05, 4.69) is 5.32 Å². The first-order valence-corrected chi connectivity index (χ1v) is 8.86. The lowest BCUT2D eigenvalue weighted by Gasteiger charge is -2.39. The lowest BCUT2D eigenvalue weighted by Crippen LogP contribution is -2.48. The van der Waals surface area contributed by atoms with Gasteiger partial charge in [0.15, 0.2) is 11.5 Å². The number of carbonyl (C=O) groups excluding carboxylic acids is 1. The van der Waals surface area contributed by atoms with Crippen molar-refractivity contribution in [1.82, 2.24) is 5.32 Å². The molecule has 1 heterocycles. The van der Waals surface area contributed by atoms with Crippen LogP contribution in [-0.4, -0.2) is 47.4 Å². The predicted molar refractivity (Wildman–Crippen MR) is 104 cm³/mol. The largest absolute Gasteiger partial charge is 0.493 e. The molecule has 2 atom stereocenters. The van der Waals surface area contributed by atoms with Crippen molar-refractivity contribution >= 4 is 24.0 Å². The van der Waals surface area contributed by atoms with E-state index in [-0.39, 0.29) is 23.7 Å². The molecule has 0 spiro atoms. The molecular weight excluding hydrogens is 356 g/mol. The molecule has 7 heteroatoms. The zero-order valence-corrected chi connectivity index (χ0v) is 16.8. The zero-order chi connectivity index (χ0) is 18.0. The van der Waals surface area contributed by atoms with Gasteiger partial charge in [0.05, 0.1) is 32.4 Å². The fourth-order valence-electron chi connectivity index (χ4n) is 4.38. The highest BCUT2D eigenvalue weighted by molar-refractivity contribution is 5.98. The lowest BCUT2D eigenvalue weighted by atomic mass is 9.67. The number of fused-ring (bicyclic) bond motifs is 1. The summed E-state index contributed by atoms with van der Waals surface area (Å²) in [5.74, 6) is 2.25. The second-order valence-electron chi connectivity index (χ2n) is 6.98. The van der Waals surface area contributed by atoms with Crippen molar-refractivity contribution in [3.63, 3.8) is 0 Å². The summed E-state index contributed by atoms with van der Waals surface area (Å²) in [6.07, 6.45) is 4.42. The van der Waals surface area contributed by atoms with Gasteiger partial charge >= 0.3 is 0 Å². The minimum absolute atomic E-state index is 0. The van der Waals surface area contributed by atoms with Gasteiger partial charge in [0, 0.05) is 25.7 Å². The van der Waals surface area contributed by atoms with E-state index < -0.39 is 0 Å². The third-order valence-electron chi connectivity index (χ3n) is 5.81. The molecule has 0 aromatic heterocycles. The Kier molecular flexibility index (Phi) is 6.64. The van der Waals surface area contributed by atoms with E-state index in [0.29, 0.717) is 23.2 Å². The van der Waals surface area contributed by atoms with Crippen LogP contribution in [0.25, 0.3) is 0 Å². The Morgan fingerprint density at radius 2 is 1.81 bits per heavy atom. The first kappa shape index (κ1) is 20.6. The van der Waals surface area contributed by atoms with Crippen LogP contribution in [0.15, 0.2) is 12.1 Å². The van der Waals surface area contributed by atoms with Crippen LogP contribution in [-0.2, 0) is 4.79 Å². The number of methoxy groups -OCH3 is 3. The number of hydrogen-bond acceptors (Lipinski definition) is 5. The van der Waals surface area contributed by atoms with E-state index >= 15 is 0 Å². The SMILES string of the molecule is COc1cc(N(C)C(=O)[C@@]23CCCC[C@H]2CNC3)cc(OC)c1OC.Cl. The molecule has 6 nitrogen and oxygen atoms in total. The Hall–Kier alpha value is -1.66. The number of ether oxygens (including phenoxy) is 3. The number of hydrogen-bond donors (Lipinski definition) is 1. The highest BCUT2D eigenvalue weighted by atomic mass is 35.5. The predicted octanol–water partition coefficient (Wildman–Crippen LogP) is 2.88. The van der Waals surface area contributed by atoms with Crippen molar-refractivity contribution in [3.8, 4) is 17.2 Å². The summed E-state index contributed by atoms with van der Waals surface area (Å²) in [6.45, 7) is 1.71. The number of anilines is 1. The van der Waals surface area contributed by atoms with Crippen LogP contribution in [0.3, 0.4) is 0 Å². The summed E-state index contributed by atoms with van der Waals surface area (Å²) in [5.41, 5.74) is 0.470. The van der Waals surface area contributed by atoms with Crippen LogP contribution < -0.4 is 24.4 Å². The minimum Gasteiger partial charge on any atom is -0.493 e. The van der Waals surface area contributed by atoms with Crippen LogP contribution in [0, 0.1) is 11.3 Å². The van der Waals surface area contributed by atoms with Crippen molar-refractivity contribution in [2.45, 2.75) is 25.7 Å². The maximum Gasteiger partial charge on any atom is 0.234 e. The molecule has 2 aliphatic rings. The van der Waals surface area contributed by atoms with Crippen LogP contribution >= 0.6 is 12.4 Å². The Bertz CT molecular complexity index is 629. The molecule has 1 N–H and O–H groups in total. The number of nitrogens with zero attached hydrogens (tertiary/aromatic N) is 1. The van der Waals surface area contributed by atoms with Gasteiger partial charge < -0.3 is 24.4 Å². The number of benzene rings is 1. The summed E-state index contributed by atoms with van der Waals surface area (Å²) >= 11 is 0. The first-order valence-electron chi connectivity index (χ1n) is 8.86. The Morgan fingerprint density at radius 3 is 2.38 bits per heavy atom.